The SMILES string of the molecule is CC[C@H](C)[C@H](N)C(=O)NCC(=O)N[C@@H](CCCCNCc1ccc([N+](=O)[O-])cc1)C(=O)NCC(=O)N[C@H](C(=O)N[C@@H](C)C(=O)N[C@@H](CCCN=C(N)N)C(=O)O)C(C)C. The highest BCUT2D eigenvalue weighted by Crippen LogP contribution is 2.12. The van der Waals surface area contributed by atoms with Crippen LogP contribution < -0.4 is 54.4 Å². The van der Waals surface area contributed by atoms with Crippen LogP contribution in [0.4, 0.5) is 5.69 Å². The Bertz CT molecular complexity index is 1600. The van der Waals surface area contributed by atoms with Crippen LogP contribution in [-0.4, -0.2) is 114 Å². The first kappa shape index (κ1) is 51.1. The van der Waals surface area contributed by atoms with E-state index in [-0.39, 0.29) is 43.4 Å². The van der Waals surface area contributed by atoms with Crippen molar-refractivity contribution >= 4 is 53.1 Å². The van der Waals surface area contributed by atoms with E-state index in [1.807, 2.05) is 6.92 Å². The number of amides is 6. The van der Waals surface area contributed by atoms with Crippen LogP contribution >= 0.6 is 0 Å². The minimum atomic E-state index is -1.29. The fourth-order valence-electron chi connectivity index (χ4n) is 5.35. The van der Waals surface area contributed by atoms with Crippen molar-refractivity contribution in [3.63, 3.8) is 0 Å². The van der Waals surface area contributed by atoms with Gasteiger partial charge >= 0.3 is 5.97 Å². The van der Waals surface area contributed by atoms with Crippen molar-refractivity contribution in [3.05, 3.63) is 39.9 Å². The molecule has 1 rings (SSSR count). The Kier molecular flexibility index (Phi) is 23.3. The molecule has 0 saturated heterocycles. The zero-order chi connectivity index (χ0) is 44.7. The molecule has 0 radical (unpaired) electrons. The number of hydrogen-bond donors (Lipinski definition) is 11. The summed E-state index contributed by atoms with van der Waals surface area (Å²) in [7, 11) is 0. The molecular formula is C37H62N12O10. The largest absolute Gasteiger partial charge is 0.480 e. The molecule has 14 N–H and O–H groups in total. The van der Waals surface area contributed by atoms with Crippen LogP contribution in [0.15, 0.2) is 29.3 Å². The molecule has 0 aromatic heterocycles. The fourth-order valence-corrected chi connectivity index (χ4v) is 5.35. The predicted molar refractivity (Wildman–Crippen MR) is 218 cm³/mol. The molecule has 0 aliphatic rings. The Hall–Kier alpha value is -5.90. The van der Waals surface area contributed by atoms with Crippen molar-refractivity contribution in [2.45, 2.75) is 110 Å². The van der Waals surface area contributed by atoms with E-state index < -0.39 is 95.6 Å². The summed E-state index contributed by atoms with van der Waals surface area (Å²) in [6.45, 7) is 8.42. The van der Waals surface area contributed by atoms with Gasteiger partial charge in [0.25, 0.3) is 5.69 Å². The first-order chi connectivity index (χ1) is 27.8. The normalized spacial score (nSPS) is 13.9. The second-order valence-corrected chi connectivity index (χ2v) is 14.4. The number of guanidine groups is 1. The summed E-state index contributed by atoms with van der Waals surface area (Å²) in [6.07, 6.45) is 2.12. The number of benzene rings is 1. The van der Waals surface area contributed by atoms with Crippen LogP contribution in [-0.2, 0) is 40.1 Å². The summed E-state index contributed by atoms with van der Waals surface area (Å²) in [5, 5.41) is 38.5. The van der Waals surface area contributed by atoms with Gasteiger partial charge in [-0.05, 0) is 63.0 Å². The summed E-state index contributed by atoms with van der Waals surface area (Å²) in [6, 6.07) is 0.564. The van der Waals surface area contributed by atoms with E-state index in [0.29, 0.717) is 32.4 Å². The van der Waals surface area contributed by atoms with Crippen LogP contribution in [0.5, 0.6) is 0 Å². The molecule has 0 heterocycles. The van der Waals surface area contributed by atoms with Gasteiger partial charge in [0.2, 0.25) is 35.4 Å². The molecule has 22 heteroatoms. The van der Waals surface area contributed by atoms with Gasteiger partial charge in [-0.2, -0.15) is 0 Å². The Morgan fingerprint density at radius 1 is 0.780 bits per heavy atom. The van der Waals surface area contributed by atoms with E-state index >= 15 is 0 Å². The number of carboxylic acids is 1. The van der Waals surface area contributed by atoms with Crippen LogP contribution in [0, 0.1) is 22.0 Å². The van der Waals surface area contributed by atoms with Crippen molar-refractivity contribution < 1.29 is 43.6 Å². The molecule has 59 heavy (non-hydrogen) atoms. The molecule has 6 atom stereocenters. The highest BCUT2D eigenvalue weighted by molar-refractivity contribution is 5.95. The lowest BCUT2D eigenvalue weighted by atomic mass is 9.99. The Labute approximate surface area is 343 Å². The van der Waals surface area contributed by atoms with Gasteiger partial charge in [0.15, 0.2) is 5.96 Å². The van der Waals surface area contributed by atoms with Crippen LogP contribution in [0.1, 0.15) is 78.7 Å². The number of nitro benzene ring substituents is 1. The van der Waals surface area contributed by atoms with Gasteiger partial charge in [0, 0.05) is 25.2 Å². The lowest BCUT2D eigenvalue weighted by molar-refractivity contribution is -0.384. The Morgan fingerprint density at radius 3 is 1.93 bits per heavy atom. The smallest absolute Gasteiger partial charge is 0.326 e. The van der Waals surface area contributed by atoms with Gasteiger partial charge in [-0.15, -0.1) is 0 Å². The van der Waals surface area contributed by atoms with E-state index in [2.05, 4.69) is 42.2 Å². The first-order valence-corrected chi connectivity index (χ1v) is 19.5. The number of non-ortho nitro benzene ring substituents is 1. The zero-order valence-corrected chi connectivity index (χ0v) is 34.4. The van der Waals surface area contributed by atoms with Crippen LogP contribution in [0.3, 0.4) is 0 Å². The summed E-state index contributed by atoms with van der Waals surface area (Å²) in [5.74, 6) is -6.19. The first-order valence-electron chi connectivity index (χ1n) is 19.5. The molecule has 22 nitrogen and oxygen atoms in total. The number of nitrogens with two attached hydrogens (primary N) is 3. The molecule has 1 aromatic carbocycles. The molecule has 0 aliphatic carbocycles. The highest BCUT2D eigenvalue weighted by Gasteiger charge is 2.30. The zero-order valence-electron chi connectivity index (χ0n) is 34.4. The fraction of sp³-hybridized carbons (Fsp3) is 0.622. The minimum Gasteiger partial charge on any atom is -0.480 e. The summed E-state index contributed by atoms with van der Waals surface area (Å²) < 4.78 is 0. The standard InChI is InChI=1S/C37H62N12O10/c1-6-22(4)30(38)34(54)44-19-28(50)46-26(10-7-8-16-41-18-24-12-14-25(15-13-24)49(58)59)33(53)43-20-29(51)48-31(21(2)3)35(55)45-23(5)32(52)47-27(36(56)57)11-9-17-42-37(39)40/h12-15,21-23,26-27,30-31,41H,6-11,16-20,38H2,1-5H3,(H,43,53)(H,44,54)(H,45,55)(H,46,50)(H,47,52)(H,48,51)(H,56,57)(H4,39,40,42)/t22-,23-,26-,27-,30-,31-/m0/s1. The third kappa shape index (κ3) is 20.4. The number of carboxylic acid groups (broad SMARTS) is 1. The average Bonchev–Trinajstić information content (AvgIpc) is 3.18. The predicted octanol–water partition coefficient (Wildman–Crippen LogP) is -1.79. The summed E-state index contributed by atoms with van der Waals surface area (Å²) in [5.41, 5.74) is 17.3. The Balaban J connectivity index is 2.83. The quantitative estimate of drug-likeness (QED) is 0.0146. The van der Waals surface area contributed by atoms with Gasteiger partial charge in [-0.25, -0.2) is 4.79 Å². The summed E-state index contributed by atoms with van der Waals surface area (Å²) >= 11 is 0. The van der Waals surface area contributed by atoms with E-state index in [1.54, 1.807) is 32.9 Å². The van der Waals surface area contributed by atoms with Gasteiger partial charge in [0.1, 0.15) is 24.2 Å². The molecule has 6 amide bonds. The molecular weight excluding hydrogens is 772 g/mol. The summed E-state index contributed by atoms with van der Waals surface area (Å²) in [4.78, 5) is 103. The van der Waals surface area contributed by atoms with Crippen molar-refractivity contribution in [3.8, 4) is 0 Å². The van der Waals surface area contributed by atoms with Gasteiger partial charge in [-0.3, -0.25) is 43.9 Å². The second kappa shape index (κ2) is 26.9. The second-order valence-electron chi connectivity index (χ2n) is 14.4. The van der Waals surface area contributed by atoms with Gasteiger partial charge in [0.05, 0.1) is 24.1 Å². The number of aliphatic carboxylic acids is 1. The van der Waals surface area contributed by atoms with Crippen molar-refractivity contribution in [1.82, 2.24) is 37.2 Å². The highest BCUT2D eigenvalue weighted by atomic mass is 16.6. The van der Waals surface area contributed by atoms with Crippen LogP contribution in [0.25, 0.3) is 0 Å². The van der Waals surface area contributed by atoms with Crippen LogP contribution in [0.2, 0.25) is 0 Å². The number of aliphatic imine (C=N–C) groups is 1. The van der Waals surface area contributed by atoms with Gasteiger partial charge in [-0.1, -0.05) is 46.2 Å². The maximum absolute atomic E-state index is 13.3. The van der Waals surface area contributed by atoms with E-state index in [1.165, 1.54) is 19.1 Å². The maximum Gasteiger partial charge on any atom is 0.326 e. The van der Waals surface area contributed by atoms with Gasteiger partial charge < -0.3 is 59.5 Å². The Morgan fingerprint density at radius 2 is 1.37 bits per heavy atom. The molecule has 0 bridgehead atoms. The number of unbranched alkanes of at least 4 members (excludes halogenated alkanes) is 1. The van der Waals surface area contributed by atoms with Crippen molar-refractivity contribution in [2.24, 2.45) is 34.0 Å². The molecule has 0 fully saturated rings. The van der Waals surface area contributed by atoms with E-state index in [0.717, 1.165) is 5.56 Å². The monoisotopic (exact) mass is 834 g/mol. The molecule has 1 aromatic rings. The number of carbonyl (C=O) groups is 7. The van der Waals surface area contributed by atoms with Crippen molar-refractivity contribution in [1.29, 1.82) is 0 Å². The minimum absolute atomic E-state index is 0.0178. The number of nitro groups is 1. The third-order valence-corrected chi connectivity index (χ3v) is 9.21. The molecule has 0 unspecified atom stereocenters. The van der Waals surface area contributed by atoms with E-state index in [9.17, 15) is 48.8 Å². The molecule has 0 aliphatic heterocycles. The number of rotatable bonds is 28. The topological polar surface area (TPSA) is 357 Å². The lowest BCUT2D eigenvalue weighted by Gasteiger charge is -2.25. The van der Waals surface area contributed by atoms with E-state index in [4.69, 9.17) is 17.2 Å². The number of nitrogens with zero attached hydrogens (tertiary/aromatic N) is 2. The van der Waals surface area contributed by atoms with Crippen molar-refractivity contribution in [2.75, 3.05) is 26.2 Å². The molecule has 0 spiro atoms. The number of hydrogen-bond acceptors (Lipinski definition) is 12. The third-order valence-electron chi connectivity index (χ3n) is 9.21. The number of carbonyl (C=O) groups excluding carboxylic acids is 6. The molecule has 330 valence electrons. The lowest BCUT2D eigenvalue weighted by Crippen LogP contribution is -2.57. The molecule has 0 saturated carbocycles. The number of nitrogens with one attached hydrogen (secondary N) is 7. The maximum atomic E-state index is 13.3. The average molecular weight is 835 g/mol.